The lowest BCUT2D eigenvalue weighted by atomic mass is 10.2. The molecule has 1 atom stereocenters. The van der Waals surface area contributed by atoms with E-state index in [0.717, 1.165) is 0 Å². The van der Waals surface area contributed by atoms with E-state index in [0.29, 0.717) is 28.8 Å². The van der Waals surface area contributed by atoms with Gasteiger partial charge in [0.05, 0.1) is 11.6 Å². The number of carbonyl (C=O) groups excluding carboxylic acids is 1. The van der Waals surface area contributed by atoms with Gasteiger partial charge in [-0.05, 0) is 31.5 Å². The van der Waals surface area contributed by atoms with Crippen LogP contribution in [0.3, 0.4) is 0 Å². The summed E-state index contributed by atoms with van der Waals surface area (Å²) in [7, 11) is 0. The molecule has 1 rings (SSSR count). The third-order valence-electron chi connectivity index (χ3n) is 2.08. The maximum atomic E-state index is 11.5. The summed E-state index contributed by atoms with van der Waals surface area (Å²) in [6.07, 6.45) is -0.133. The Hall–Kier alpha value is -0.930. The zero-order valence-corrected chi connectivity index (χ0v) is 11.2. The van der Waals surface area contributed by atoms with Gasteiger partial charge >= 0.3 is 5.97 Å². The Kier molecular flexibility index (Phi) is 5.59. The second kappa shape index (κ2) is 6.72. The molecule has 1 aromatic carbocycles. The van der Waals surface area contributed by atoms with Crippen molar-refractivity contribution < 1.29 is 14.3 Å². The maximum Gasteiger partial charge on any atom is 0.347 e. The van der Waals surface area contributed by atoms with E-state index >= 15 is 0 Å². The fourth-order valence-corrected chi connectivity index (χ4v) is 1.71. The van der Waals surface area contributed by atoms with Crippen LogP contribution in [-0.2, 0) is 9.53 Å². The largest absolute Gasteiger partial charge is 0.477 e. The van der Waals surface area contributed by atoms with Crippen LogP contribution < -0.4 is 4.74 Å². The molecule has 0 N–H and O–H groups in total. The Morgan fingerprint density at radius 3 is 2.59 bits per heavy atom. The lowest BCUT2D eigenvalue weighted by Crippen LogP contribution is -2.28. The molecule has 17 heavy (non-hydrogen) atoms. The van der Waals surface area contributed by atoms with Crippen LogP contribution in [0.5, 0.6) is 5.75 Å². The lowest BCUT2D eigenvalue weighted by molar-refractivity contribution is -0.151. The zero-order valence-electron chi connectivity index (χ0n) is 9.70. The Balaban J connectivity index is 2.77. The van der Waals surface area contributed by atoms with E-state index < -0.39 is 6.10 Å². The molecule has 0 aliphatic carbocycles. The van der Waals surface area contributed by atoms with Crippen molar-refractivity contribution in [1.29, 1.82) is 0 Å². The van der Waals surface area contributed by atoms with Gasteiger partial charge in [0.1, 0.15) is 5.75 Å². The zero-order chi connectivity index (χ0) is 12.8. The second-order valence-corrected chi connectivity index (χ2v) is 4.19. The van der Waals surface area contributed by atoms with Crippen molar-refractivity contribution in [3.8, 4) is 5.75 Å². The average Bonchev–Trinajstić information content (AvgIpc) is 2.28. The summed E-state index contributed by atoms with van der Waals surface area (Å²) in [5.74, 6) is 0.0389. The second-order valence-electron chi connectivity index (χ2n) is 3.34. The lowest BCUT2D eigenvalue weighted by Gasteiger charge is -2.16. The molecule has 0 aliphatic heterocycles. The highest BCUT2D eigenvalue weighted by atomic mass is 35.5. The topological polar surface area (TPSA) is 35.5 Å². The highest BCUT2D eigenvalue weighted by molar-refractivity contribution is 6.35. The van der Waals surface area contributed by atoms with Crippen molar-refractivity contribution in [1.82, 2.24) is 0 Å². The SMILES string of the molecule is CCOC(=O)[C@H](CC)Oc1ccc(Cl)cc1Cl. The van der Waals surface area contributed by atoms with Gasteiger partial charge in [-0.2, -0.15) is 0 Å². The molecule has 0 bridgehead atoms. The number of ether oxygens (including phenoxy) is 2. The first-order chi connectivity index (χ1) is 8.08. The van der Waals surface area contributed by atoms with Gasteiger partial charge in [-0.25, -0.2) is 4.79 Å². The minimum atomic E-state index is -0.645. The highest BCUT2D eigenvalue weighted by Crippen LogP contribution is 2.28. The number of carbonyl (C=O) groups is 1. The summed E-state index contributed by atoms with van der Waals surface area (Å²) >= 11 is 11.7. The van der Waals surface area contributed by atoms with Crippen LogP contribution in [-0.4, -0.2) is 18.7 Å². The molecular weight excluding hydrogens is 263 g/mol. The Bertz CT molecular complexity index is 393. The summed E-state index contributed by atoms with van der Waals surface area (Å²) in [6, 6.07) is 4.85. The van der Waals surface area contributed by atoms with Gasteiger partial charge in [0.15, 0.2) is 6.10 Å². The van der Waals surface area contributed by atoms with E-state index in [1.54, 1.807) is 25.1 Å². The van der Waals surface area contributed by atoms with Gasteiger partial charge in [-0.3, -0.25) is 0 Å². The van der Waals surface area contributed by atoms with E-state index in [4.69, 9.17) is 32.7 Å². The molecule has 0 unspecified atom stereocenters. The van der Waals surface area contributed by atoms with Crippen molar-refractivity contribution in [2.45, 2.75) is 26.4 Å². The van der Waals surface area contributed by atoms with Crippen LogP contribution >= 0.6 is 23.2 Å². The van der Waals surface area contributed by atoms with Crippen LogP contribution in [0.15, 0.2) is 18.2 Å². The predicted molar refractivity (Wildman–Crippen MR) is 67.8 cm³/mol. The molecule has 94 valence electrons. The molecule has 0 saturated carbocycles. The van der Waals surface area contributed by atoms with E-state index in [-0.39, 0.29) is 5.97 Å². The van der Waals surface area contributed by atoms with Gasteiger partial charge in [0.25, 0.3) is 0 Å². The summed E-state index contributed by atoms with van der Waals surface area (Å²) in [5, 5.41) is 0.895. The molecule has 5 heteroatoms. The predicted octanol–water partition coefficient (Wildman–Crippen LogP) is 3.71. The van der Waals surface area contributed by atoms with Crippen molar-refractivity contribution in [3.63, 3.8) is 0 Å². The normalized spacial score (nSPS) is 12.0. The molecule has 0 amide bonds. The van der Waals surface area contributed by atoms with Crippen LogP contribution in [0.4, 0.5) is 0 Å². The quantitative estimate of drug-likeness (QED) is 0.769. The van der Waals surface area contributed by atoms with E-state index in [2.05, 4.69) is 0 Å². The van der Waals surface area contributed by atoms with E-state index in [1.807, 2.05) is 6.92 Å². The fourth-order valence-electron chi connectivity index (χ4n) is 1.26. The molecule has 0 aliphatic rings. The van der Waals surface area contributed by atoms with Crippen molar-refractivity contribution >= 4 is 29.2 Å². The molecule has 0 spiro atoms. The smallest absolute Gasteiger partial charge is 0.347 e. The number of rotatable bonds is 5. The minimum Gasteiger partial charge on any atom is -0.477 e. The summed E-state index contributed by atoms with van der Waals surface area (Å²) < 4.78 is 10.4. The molecule has 0 fully saturated rings. The third kappa shape index (κ3) is 4.10. The standard InChI is InChI=1S/C12H14Cl2O3/c1-3-10(12(15)16-4-2)17-11-6-5-8(13)7-9(11)14/h5-7,10H,3-4H2,1-2H3/t10-/m0/s1. The van der Waals surface area contributed by atoms with Gasteiger partial charge in [0.2, 0.25) is 0 Å². The first-order valence-corrected chi connectivity index (χ1v) is 6.12. The van der Waals surface area contributed by atoms with Crippen LogP contribution in [0.1, 0.15) is 20.3 Å². The first-order valence-electron chi connectivity index (χ1n) is 5.36. The van der Waals surface area contributed by atoms with Gasteiger partial charge in [-0.15, -0.1) is 0 Å². The van der Waals surface area contributed by atoms with Gasteiger partial charge in [-0.1, -0.05) is 30.1 Å². The molecule has 0 aromatic heterocycles. The van der Waals surface area contributed by atoms with E-state index in [9.17, 15) is 4.79 Å². The van der Waals surface area contributed by atoms with Crippen LogP contribution in [0.25, 0.3) is 0 Å². The molecule has 0 heterocycles. The number of hydrogen-bond donors (Lipinski definition) is 0. The number of halogens is 2. The molecule has 0 saturated heterocycles. The van der Waals surface area contributed by atoms with Crippen LogP contribution in [0.2, 0.25) is 10.0 Å². The molecular formula is C12H14Cl2O3. The Morgan fingerprint density at radius 1 is 1.35 bits per heavy atom. The van der Waals surface area contributed by atoms with Crippen molar-refractivity contribution in [2.75, 3.05) is 6.61 Å². The van der Waals surface area contributed by atoms with E-state index in [1.165, 1.54) is 0 Å². The average molecular weight is 277 g/mol. The van der Waals surface area contributed by atoms with Gasteiger partial charge < -0.3 is 9.47 Å². The summed E-state index contributed by atoms with van der Waals surface area (Å²) in [5.41, 5.74) is 0. The third-order valence-corrected chi connectivity index (χ3v) is 2.61. The highest BCUT2D eigenvalue weighted by Gasteiger charge is 2.20. The molecule has 1 aromatic rings. The monoisotopic (exact) mass is 276 g/mol. The van der Waals surface area contributed by atoms with Crippen molar-refractivity contribution in [2.24, 2.45) is 0 Å². The summed E-state index contributed by atoms with van der Waals surface area (Å²) in [4.78, 5) is 11.5. The fraction of sp³-hybridized carbons (Fsp3) is 0.417. The first kappa shape index (κ1) is 14.1. The molecule has 3 nitrogen and oxygen atoms in total. The van der Waals surface area contributed by atoms with Crippen LogP contribution in [0, 0.1) is 0 Å². The number of hydrogen-bond acceptors (Lipinski definition) is 3. The Morgan fingerprint density at radius 2 is 2.06 bits per heavy atom. The number of benzene rings is 1. The van der Waals surface area contributed by atoms with Gasteiger partial charge in [0, 0.05) is 5.02 Å². The number of esters is 1. The molecule has 0 radical (unpaired) electrons. The minimum absolute atomic E-state index is 0.326. The van der Waals surface area contributed by atoms with Crippen molar-refractivity contribution in [3.05, 3.63) is 28.2 Å². The maximum absolute atomic E-state index is 11.5. The summed E-state index contributed by atoms with van der Waals surface area (Å²) in [6.45, 7) is 3.92. The Labute approximate surface area is 111 Å².